The summed E-state index contributed by atoms with van der Waals surface area (Å²) >= 11 is 3.10. The topological polar surface area (TPSA) is 29.1 Å². The fraction of sp³-hybridized carbons (Fsp3) is 0.286. The maximum absolute atomic E-state index is 10.6. The van der Waals surface area contributed by atoms with Crippen LogP contribution in [0.15, 0.2) is 11.1 Å². The molecule has 54 valence electrons. The van der Waals surface area contributed by atoms with Crippen molar-refractivity contribution in [3.8, 4) is 11.8 Å². The smallest absolute Gasteiger partial charge is 0.296 e. The second-order valence-electron chi connectivity index (χ2n) is 1.57. The average Bonchev–Trinajstić information content (AvgIpc) is 1.85. The number of carbonyl (C=O) groups is 1. The van der Waals surface area contributed by atoms with Crippen LogP contribution in [0, 0.1) is 11.8 Å². The molecule has 0 saturated heterocycles. The molecule has 0 aromatic carbocycles. The molecule has 0 spiro atoms. The first-order valence-electron chi connectivity index (χ1n) is 2.70. The standard InChI is InChI=1S/C7H8BrNO/c1-3-4-7(10)9-5-6(2)8/h2,5H2,1H3,(H,9,10). The largest absolute Gasteiger partial charge is 0.341 e. The molecular formula is C7H8BrNO. The fourth-order valence-corrected chi connectivity index (χ4v) is 0.474. The Kier molecular flexibility index (Phi) is 4.69. The molecule has 0 unspecified atom stereocenters. The molecule has 0 aliphatic carbocycles. The van der Waals surface area contributed by atoms with Gasteiger partial charge in [-0.1, -0.05) is 28.4 Å². The third-order valence-electron chi connectivity index (χ3n) is 0.679. The van der Waals surface area contributed by atoms with Gasteiger partial charge in [-0.25, -0.2) is 0 Å². The van der Waals surface area contributed by atoms with Crippen molar-refractivity contribution in [2.45, 2.75) is 6.92 Å². The molecular weight excluding hydrogens is 194 g/mol. The van der Waals surface area contributed by atoms with Gasteiger partial charge in [-0.15, -0.1) is 0 Å². The Morgan fingerprint density at radius 3 is 2.80 bits per heavy atom. The summed E-state index contributed by atoms with van der Waals surface area (Å²) < 4.78 is 0.735. The van der Waals surface area contributed by atoms with Gasteiger partial charge < -0.3 is 5.32 Å². The molecule has 2 nitrogen and oxygen atoms in total. The van der Waals surface area contributed by atoms with Crippen LogP contribution in [0.1, 0.15) is 6.92 Å². The Morgan fingerprint density at radius 2 is 2.40 bits per heavy atom. The number of halogens is 1. The van der Waals surface area contributed by atoms with Crippen molar-refractivity contribution >= 4 is 21.8 Å². The summed E-state index contributed by atoms with van der Waals surface area (Å²) in [6.45, 7) is 5.58. The van der Waals surface area contributed by atoms with Crippen LogP contribution in [-0.4, -0.2) is 12.5 Å². The predicted octanol–water partition coefficient (Wildman–Crippen LogP) is 1.03. The van der Waals surface area contributed by atoms with E-state index in [2.05, 4.69) is 39.7 Å². The minimum Gasteiger partial charge on any atom is -0.341 e. The Labute approximate surface area is 68.8 Å². The zero-order valence-electron chi connectivity index (χ0n) is 5.70. The van der Waals surface area contributed by atoms with Crippen molar-refractivity contribution in [3.05, 3.63) is 11.1 Å². The molecule has 1 N–H and O–H groups in total. The van der Waals surface area contributed by atoms with E-state index in [1.807, 2.05) is 0 Å². The zero-order chi connectivity index (χ0) is 7.98. The second kappa shape index (κ2) is 5.07. The number of nitrogens with one attached hydrogen (secondary N) is 1. The van der Waals surface area contributed by atoms with Crippen molar-refractivity contribution in [2.75, 3.05) is 6.54 Å². The van der Waals surface area contributed by atoms with E-state index >= 15 is 0 Å². The lowest BCUT2D eigenvalue weighted by molar-refractivity contribution is -0.115. The van der Waals surface area contributed by atoms with E-state index < -0.39 is 0 Å². The highest BCUT2D eigenvalue weighted by atomic mass is 79.9. The minimum atomic E-state index is -0.275. The monoisotopic (exact) mass is 201 g/mol. The fourth-order valence-electron chi connectivity index (χ4n) is 0.334. The maximum Gasteiger partial charge on any atom is 0.296 e. The van der Waals surface area contributed by atoms with E-state index in [9.17, 15) is 4.79 Å². The molecule has 0 saturated carbocycles. The van der Waals surface area contributed by atoms with Crippen LogP contribution in [0.25, 0.3) is 0 Å². The molecule has 0 atom stereocenters. The van der Waals surface area contributed by atoms with Gasteiger partial charge in [0.2, 0.25) is 0 Å². The van der Waals surface area contributed by atoms with Gasteiger partial charge in [0.15, 0.2) is 0 Å². The number of carbonyl (C=O) groups excluding carboxylic acids is 1. The van der Waals surface area contributed by atoms with Crippen LogP contribution in [0.5, 0.6) is 0 Å². The Hall–Kier alpha value is -0.750. The number of hydrogen-bond acceptors (Lipinski definition) is 1. The third kappa shape index (κ3) is 5.39. The lowest BCUT2D eigenvalue weighted by Crippen LogP contribution is -2.22. The van der Waals surface area contributed by atoms with Gasteiger partial charge in [0.1, 0.15) is 0 Å². The van der Waals surface area contributed by atoms with Gasteiger partial charge in [-0.05, 0) is 12.8 Å². The highest BCUT2D eigenvalue weighted by Gasteiger charge is 1.92. The van der Waals surface area contributed by atoms with Gasteiger partial charge in [-0.2, -0.15) is 0 Å². The van der Waals surface area contributed by atoms with Crippen LogP contribution < -0.4 is 5.32 Å². The SMILES string of the molecule is C=C(Br)CNC(=O)C#CC. The first-order valence-corrected chi connectivity index (χ1v) is 3.50. The quantitative estimate of drug-likeness (QED) is 0.666. The lowest BCUT2D eigenvalue weighted by Gasteiger charge is -1.95. The molecule has 0 bridgehead atoms. The lowest BCUT2D eigenvalue weighted by atomic mass is 10.5. The number of amides is 1. The van der Waals surface area contributed by atoms with Crippen molar-refractivity contribution in [1.82, 2.24) is 5.32 Å². The Morgan fingerprint density at radius 1 is 1.80 bits per heavy atom. The second-order valence-corrected chi connectivity index (χ2v) is 2.70. The third-order valence-corrected chi connectivity index (χ3v) is 0.960. The molecule has 0 aliphatic rings. The van der Waals surface area contributed by atoms with Crippen LogP contribution in [0.2, 0.25) is 0 Å². The average molecular weight is 202 g/mol. The van der Waals surface area contributed by atoms with Crippen molar-refractivity contribution in [3.63, 3.8) is 0 Å². The maximum atomic E-state index is 10.6. The van der Waals surface area contributed by atoms with Gasteiger partial charge >= 0.3 is 0 Å². The first-order chi connectivity index (χ1) is 4.66. The zero-order valence-corrected chi connectivity index (χ0v) is 7.29. The summed E-state index contributed by atoms with van der Waals surface area (Å²) in [4.78, 5) is 10.6. The van der Waals surface area contributed by atoms with Gasteiger partial charge in [-0.3, -0.25) is 4.79 Å². The normalized spacial score (nSPS) is 7.40. The van der Waals surface area contributed by atoms with Crippen LogP contribution in [-0.2, 0) is 4.79 Å². The van der Waals surface area contributed by atoms with Crippen LogP contribution in [0.3, 0.4) is 0 Å². The van der Waals surface area contributed by atoms with E-state index in [0.717, 1.165) is 4.48 Å². The van der Waals surface area contributed by atoms with Gasteiger partial charge in [0, 0.05) is 11.0 Å². The molecule has 0 radical (unpaired) electrons. The molecule has 0 rings (SSSR count). The van der Waals surface area contributed by atoms with E-state index in [1.54, 1.807) is 6.92 Å². The van der Waals surface area contributed by atoms with E-state index in [-0.39, 0.29) is 5.91 Å². The summed E-state index contributed by atoms with van der Waals surface area (Å²) in [6, 6.07) is 0. The summed E-state index contributed by atoms with van der Waals surface area (Å²) in [7, 11) is 0. The molecule has 0 aromatic heterocycles. The molecule has 10 heavy (non-hydrogen) atoms. The van der Waals surface area contributed by atoms with Crippen molar-refractivity contribution in [1.29, 1.82) is 0 Å². The van der Waals surface area contributed by atoms with Crippen LogP contribution in [0.4, 0.5) is 0 Å². The summed E-state index contributed by atoms with van der Waals surface area (Å²) in [6.07, 6.45) is 0. The van der Waals surface area contributed by atoms with Gasteiger partial charge in [0.25, 0.3) is 5.91 Å². The first kappa shape index (κ1) is 9.25. The molecule has 0 heterocycles. The molecule has 0 aliphatic heterocycles. The number of hydrogen-bond donors (Lipinski definition) is 1. The molecule has 0 aromatic rings. The number of rotatable bonds is 2. The highest BCUT2D eigenvalue weighted by molar-refractivity contribution is 9.11. The van der Waals surface area contributed by atoms with E-state index in [0.29, 0.717) is 6.54 Å². The predicted molar refractivity (Wildman–Crippen MR) is 44.5 cm³/mol. The Bertz CT molecular complexity index is 199. The summed E-state index contributed by atoms with van der Waals surface area (Å²) in [5, 5.41) is 2.52. The highest BCUT2D eigenvalue weighted by Crippen LogP contribution is 1.95. The molecule has 0 fully saturated rings. The Balaban J connectivity index is 3.57. The summed E-state index contributed by atoms with van der Waals surface area (Å²) in [5.74, 6) is 4.55. The van der Waals surface area contributed by atoms with Crippen molar-refractivity contribution < 1.29 is 4.79 Å². The van der Waals surface area contributed by atoms with E-state index in [1.165, 1.54) is 0 Å². The summed E-state index contributed by atoms with van der Waals surface area (Å²) in [5.41, 5.74) is 0. The minimum absolute atomic E-state index is 0.275. The van der Waals surface area contributed by atoms with Crippen LogP contribution >= 0.6 is 15.9 Å². The molecule has 3 heteroatoms. The van der Waals surface area contributed by atoms with Gasteiger partial charge in [0.05, 0.1) is 0 Å². The molecule has 1 amide bonds. The van der Waals surface area contributed by atoms with E-state index in [4.69, 9.17) is 0 Å². The van der Waals surface area contributed by atoms with Crippen molar-refractivity contribution in [2.24, 2.45) is 0 Å².